The molecule has 2 aromatic heterocycles. The van der Waals surface area contributed by atoms with Gasteiger partial charge in [0.25, 0.3) is 0 Å². The van der Waals surface area contributed by atoms with Gasteiger partial charge >= 0.3 is 0 Å². The van der Waals surface area contributed by atoms with Crippen molar-refractivity contribution in [1.29, 1.82) is 0 Å². The third kappa shape index (κ3) is 4.07. The number of aromatic nitrogens is 2. The van der Waals surface area contributed by atoms with Gasteiger partial charge < -0.3 is 24.8 Å². The van der Waals surface area contributed by atoms with Gasteiger partial charge in [0.2, 0.25) is 0 Å². The molecule has 3 heterocycles. The monoisotopic (exact) mass is 413 g/mol. The molecule has 158 valence electrons. The lowest BCUT2D eigenvalue weighted by molar-refractivity contribution is 0.313. The predicted octanol–water partition coefficient (Wildman–Crippen LogP) is 4.73. The highest BCUT2D eigenvalue weighted by Gasteiger charge is 2.14. The SMILES string of the molecule is COc1cccc(-c2cc3c(Nc4ccc(N5CCN(C)CC5)cc4)nccc3[nH]2)c1. The van der Waals surface area contributed by atoms with Crippen molar-refractivity contribution >= 4 is 28.1 Å². The van der Waals surface area contributed by atoms with E-state index in [4.69, 9.17) is 4.74 Å². The van der Waals surface area contributed by atoms with Crippen molar-refractivity contribution in [2.24, 2.45) is 0 Å². The van der Waals surface area contributed by atoms with Crippen LogP contribution in [0.15, 0.2) is 66.9 Å². The summed E-state index contributed by atoms with van der Waals surface area (Å²) in [6.45, 7) is 4.35. The minimum Gasteiger partial charge on any atom is -0.497 e. The average Bonchev–Trinajstić information content (AvgIpc) is 3.26. The first-order chi connectivity index (χ1) is 15.2. The fourth-order valence-corrected chi connectivity index (χ4v) is 4.06. The van der Waals surface area contributed by atoms with Gasteiger partial charge in [0.05, 0.1) is 12.6 Å². The fraction of sp³-hybridized carbons (Fsp3) is 0.240. The Balaban J connectivity index is 1.38. The molecule has 0 saturated carbocycles. The normalized spacial score (nSPS) is 14.7. The van der Waals surface area contributed by atoms with Crippen LogP contribution in [0.4, 0.5) is 17.2 Å². The highest BCUT2D eigenvalue weighted by molar-refractivity contribution is 5.95. The number of aromatic amines is 1. The molecule has 0 radical (unpaired) electrons. The summed E-state index contributed by atoms with van der Waals surface area (Å²) in [5.41, 5.74) is 5.46. The molecule has 4 aromatic rings. The van der Waals surface area contributed by atoms with Gasteiger partial charge in [-0.1, -0.05) is 12.1 Å². The number of H-pyrrole nitrogens is 1. The minimum atomic E-state index is 0.841. The second kappa shape index (κ2) is 8.32. The summed E-state index contributed by atoms with van der Waals surface area (Å²) in [5.74, 6) is 1.68. The number of piperazine rings is 1. The van der Waals surface area contributed by atoms with Gasteiger partial charge in [-0.2, -0.15) is 0 Å². The van der Waals surface area contributed by atoms with Crippen LogP contribution in [0.3, 0.4) is 0 Å². The van der Waals surface area contributed by atoms with Gasteiger partial charge in [0.15, 0.2) is 0 Å². The third-order valence-electron chi connectivity index (χ3n) is 5.93. The Morgan fingerprint density at radius 1 is 0.968 bits per heavy atom. The number of fused-ring (bicyclic) bond motifs is 1. The van der Waals surface area contributed by atoms with Gasteiger partial charge in [-0.15, -0.1) is 0 Å². The van der Waals surface area contributed by atoms with E-state index in [0.717, 1.165) is 65.6 Å². The van der Waals surface area contributed by atoms with Gasteiger partial charge in [0.1, 0.15) is 11.6 Å². The third-order valence-corrected chi connectivity index (χ3v) is 5.93. The number of ether oxygens (including phenoxy) is 1. The van der Waals surface area contributed by atoms with Crippen LogP contribution in [-0.4, -0.2) is 55.2 Å². The van der Waals surface area contributed by atoms with E-state index in [0.29, 0.717) is 0 Å². The van der Waals surface area contributed by atoms with Crippen LogP contribution < -0.4 is 15.0 Å². The maximum absolute atomic E-state index is 5.37. The molecule has 6 heteroatoms. The highest BCUT2D eigenvalue weighted by Crippen LogP contribution is 2.31. The number of rotatable bonds is 5. The largest absolute Gasteiger partial charge is 0.497 e. The zero-order chi connectivity index (χ0) is 21.2. The van der Waals surface area contributed by atoms with Gasteiger partial charge in [-0.3, -0.25) is 0 Å². The summed E-state index contributed by atoms with van der Waals surface area (Å²) < 4.78 is 5.37. The van der Waals surface area contributed by atoms with E-state index < -0.39 is 0 Å². The van der Waals surface area contributed by atoms with Crippen LogP contribution in [0.5, 0.6) is 5.75 Å². The van der Waals surface area contributed by atoms with Crippen LogP contribution in [0.25, 0.3) is 22.2 Å². The summed E-state index contributed by atoms with van der Waals surface area (Å²) in [7, 11) is 3.87. The van der Waals surface area contributed by atoms with Crippen LogP contribution >= 0.6 is 0 Å². The zero-order valence-corrected chi connectivity index (χ0v) is 17.9. The molecule has 31 heavy (non-hydrogen) atoms. The number of hydrogen-bond donors (Lipinski definition) is 2. The lowest BCUT2D eigenvalue weighted by Crippen LogP contribution is -2.44. The lowest BCUT2D eigenvalue weighted by atomic mass is 10.1. The number of likely N-dealkylation sites (N-methyl/N-ethyl adjacent to an activating group) is 1. The molecule has 1 saturated heterocycles. The smallest absolute Gasteiger partial charge is 0.139 e. The maximum Gasteiger partial charge on any atom is 0.139 e. The summed E-state index contributed by atoms with van der Waals surface area (Å²) in [4.78, 5) is 12.9. The molecule has 0 atom stereocenters. The number of methoxy groups -OCH3 is 1. The molecule has 5 rings (SSSR count). The molecule has 1 aliphatic rings. The van der Waals surface area contributed by atoms with Gasteiger partial charge in [-0.05, 0) is 55.6 Å². The molecule has 0 bridgehead atoms. The van der Waals surface area contributed by atoms with Crippen molar-refractivity contribution in [2.75, 3.05) is 50.6 Å². The van der Waals surface area contributed by atoms with E-state index in [2.05, 4.69) is 68.5 Å². The molecule has 1 aliphatic heterocycles. The molecule has 6 nitrogen and oxygen atoms in total. The topological polar surface area (TPSA) is 56.4 Å². The molecule has 0 amide bonds. The van der Waals surface area contributed by atoms with Crippen molar-refractivity contribution in [2.45, 2.75) is 0 Å². The Morgan fingerprint density at radius 3 is 2.55 bits per heavy atom. The van der Waals surface area contributed by atoms with Crippen LogP contribution in [0, 0.1) is 0 Å². The molecule has 0 spiro atoms. The van der Waals surface area contributed by atoms with E-state index in [-0.39, 0.29) is 0 Å². The fourth-order valence-electron chi connectivity index (χ4n) is 4.06. The Morgan fingerprint density at radius 2 is 1.77 bits per heavy atom. The molecule has 2 aromatic carbocycles. The summed E-state index contributed by atoms with van der Waals surface area (Å²) >= 11 is 0. The maximum atomic E-state index is 5.37. The average molecular weight is 414 g/mol. The van der Waals surface area contributed by atoms with Crippen molar-refractivity contribution < 1.29 is 4.74 Å². The van der Waals surface area contributed by atoms with Gasteiger partial charge in [-0.25, -0.2) is 4.98 Å². The lowest BCUT2D eigenvalue weighted by Gasteiger charge is -2.34. The second-order valence-electron chi connectivity index (χ2n) is 8.00. The summed E-state index contributed by atoms with van der Waals surface area (Å²) in [5, 5.41) is 4.55. The van der Waals surface area contributed by atoms with Crippen molar-refractivity contribution in [1.82, 2.24) is 14.9 Å². The molecular formula is C25H27N5O. The summed E-state index contributed by atoms with van der Waals surface area (Å²) in [6, 6.07) is 20.8. The zero-order valence-electron chi connectivity index (χ0n) is 17.9. The Kier molecular flexibility index (Phi) is 5.22. The van der Waals surface area contributed by atoms with Crippen molar-refractivity contribution in [3.8, 4) is 17.0 Å². The molecule has 0 unspecified atom stereocenters. The van der Waals surface area contributed by atoms with E-state index in [1.54, 1.807) is 7.11 Å². The van der Waals surface area contributed by atoms with Gasteiger partial charge in [0, 0.05) is 60.4 Å². The number of pyridine rings is 1. The van der Waals surface area contributed by atoms with E-state index >= 15 is 0 Å². The first-order valence-electron chi connectivity index (χ1n) is 10.6. The molecule has 1 fully saturated rings. The van der Waals surface area contributed by atoms with E-state index in [9.17, 15) is 0 Å². The number of benzene rings is 2. The molecular weight excluding hydrogens is 386 g/mol. The van der Waals surface area contributed by atoms with Crippen LogP contribution in [0.1, 0.15) is 0 Å². The highest BCUT2D eigenvalue weighted by atomic mass is 16.5. The predicted molar refractivity (Wildman–Crippen MR) is 128 cm³/mol. The van der Waals surface area contributed by atoms with Crippen LogP contribution in [-0.2, 0) is 0 Å². The first kappa shape index (κ1) is 19.5. The molecule has 2 N–H and O–H groups in total. The number of anilines is 3. The summed E-state index contributed by atoms with van der Waals surface area (Å²) in [6.07, 6.45) is 1.83. The minimum absolute atomic E-state index is 0.841. The van der Waals surface area contributed by atoms with Crippen LogP contribution in [0.2, 0.25) is 0 Å². The number of nitrogens with zero attached hydrogens (tertiary/aromatic N) is 3. The Labute approximate surface area is 182 Å². The quantitative estimate of drug-likeness (QED) is 0.495. The van der Waals surface area contributed by atoms with E-state index in [1.807, 2.05) is 30.5 Å². The second-order valence-corrected chi connectivity index (χ2v) is 8.00. The number of hydrogen-bond acceptors (Lipinski definition) is 5. The van der Waals surface area contributed by atoms with E-state index in [1.165, 1.54) is 5.69 Å². The number of nitrogens with one attached hydrogen (secondary N) is 2. The Bertz CT molecular complexity index is 1180. The standard InChI is InChI=1S/C25H27N5O/c1-29-12-14-30(15-13-29)20-8-6-19(7-9-20)27-25-22-17-24(28-23(22)10-11-26-25)18-4-3-5-21(16-18)31-2/h3-11,16-17,28H,12-15H2,1-2H3,(H,26,27). The molecule has 0 aliphatic carbocycles. The van der Waals surface area contributed by atoms with Crippen molar-refractivity contribution in [3.05, 3.63) is 66.9 Å². The van der Waals surface area contributed by atoms with Crippen molar-refractivity contribution in [3.63, 3.8) is 0 Å². The first-order valence-corrected chi connectivity index (χ1v) is 10.6. The Hall–Kier alpha value is -3.51.